The van der Waals surface area contributed by atoms with Gasteiger partial charge in [0.15, 0.2) is 0 Å². The molecule has 0 amide bonds. The van der Waals surface area contributed by atoms with Crippen LogP contribution < -0.4 is 0 Å². The number of aliphatic hydroxyl groups excluding tert-OH is 1. The van der Waals surface area contributed by atoms with E-state index in [1.807, 2.05) is 36.4 Å². The predicted octanol–water partition coefficient (Wildman–Crippen LogP) is 2.32. The van der Waals surface area contributed by atoms with Crippen LogP contribution in [0, 0.1) is 0 Å². The van der Waals surface area contributed by atoms with Crippen LogP contribution in [0.3, 0.4) is 0 Å². The highest BCUT2D eigenvalue weighted by Crippen LogP contribution is 2.12. The molecule has 0 heterocycles. The molecule has 0 radical (unpaired) electrons. The summed E-state index contributed by atoms with van der Waals surface area (Å²) < 4.78 is 9.48. The van der Waals surface area contributed by atoms with E-state index in [1.54, 1.807) is 12.2 Å². The zero-order valence-electron chi connectivity index (χ0n) is 11.6. The maximum atomic E-state index is 11.6. The van der Waals surface area contributed by atoms with Crippen molar-refractivity contribution in [2.75, 3.05) is 20.8 Å². The van der Waals surface area contributed by atoms with E-state index in [4.69, 9.17) is 4.74 Å². The molecule has 106 valence electrons. The molecular weight excluding hydrogens is 256 g/mol. The first-order valence-electron chi connectivity index (χ1n) is 6.07. The Morgan fingerprint density at radius 1 is 1.25 bits per heavy atom. The highest BCUT2D eigenvalue weighted by Gasteiger charge is 2.14. The van der Waals surface area contributed by atoms with Crippen LogP contribution in [-0.4, -0.2) is 31.9 Å². The summed E-state index contributed by atoms with van der Waals surface area (Å²) in [7, 11) is 2.71. The molecule has 0 saturated heterocycles. The van der Waals surface area contributed by atoms with Crippen LogP contribution in [0.1, 0.15) is 5.56 Å². The molecule has 0 fully saturated rings. The minimum absolute atomic E-state index is 0.190. The Morgan fingerprint density at radius 2 is 1.95 bits per heavy atom. The lowest BCUT2D eigenvalue weighted by Crippen LogP contribution is -2.10. The number of allylic oxidation sites excluding steroid dienone is 2. The van der Waals surface area contributed by atoms with Gasteiger partial charge in [-0.25, -0.2) is 4.79 Å². The summed E-state index contributed by atoms with van der Waals surface area (Å²) in [4.78, 5) is 11.6. The molecule has 4 heteroatoms. The summed E-state index contributed by atoms with van der Waals surface area (Å²) >= 11 is 0. The maximum absolute atomic E-state index is 11.6. The molecule has 0 aliphatic rings. The van der Waals surface area contributed by atoms with Crippen LogP contribution in [0.5, 0.6) is 0 Å². The largest absolute Gasteiger partial charge is 0.503 e. The van der Waals surface area contributed by atoms with Crippen LogP contribution in [0.4, 0.5) is 0 Å². The summed E-state index contributed by atoms with van der Waals surface area (Å²) in [5.74, 6) is -0.555. The monoisotopic (exact) mass is 274 g/mol. The number of rotatable bonds is 6. The number of benzene rings is 1. The highest BCUT2D eigenvalue weighted by molar-refractivity contribution is 5.93. The summed E-state index contributed by atoms with van der Waals surface area (Å²) in [5, 5.41) is 9.36. The molecule has 20 heavy (non-hydrogen) atoms. The highest BCUT2D eigenvalue weighted by atomic mass is 16.5. The van der Waals surface area contributed by atoms with Crippen LogP contribution in [0.2, 0.25) is 0 Å². The van der Waals surface area contributed by atoms with Crippen molar-refractivity contribution in [3.05, 3.63) is 65.5 Å². The minimum Gasteiger partial charge on any atom is -0.503 e. The Kier molecular flexibility index (Phi) is 6.85. The lowest BCUT2D eigenvalue weighted by molar-refractivity contribution is -0.136. The second-order valence-electron chi connectivity index (χ2n) is 3.88. The van der Waals surface area contributed by atoms with Gasteiger partial charge in [-0.3, -0.25) is 0 Å². The third-order valence-corrected chi connectivity index (χ3v) is 2.54. The van der Waals surface area contributed by atoms with Crippen molar-refractivity contribution in [3.63, 3.8) is 0 Å². The smallest absolute Gasteiger partial charge is 0.341 e. The molecular formula is C16H18O4. The third kappa shape index (κ3) is 4.74. The van der Waals surface area contributed by atoms with Gasteiger partial charge in [-0.1, -0.05) is 48.6 Å². The molecule has 0 aliphatic carbocycles. The Bertz CT molecular complexity index is 513. The molecule has 1 aromatic rings. The summed E-state index contributed by atoms with van der Waals surface area (Å²) in [6.45, 7) is -0.288. The molecule has 1 rings (SSSR count). The fourth-order valence-corrected chi connectivity index (χ4v) is 1.55. The SMILES string of the molecule is CO\C=C(C(=O)OC)/C(=C/C=C/c1ccccc1)CO. The van der Waals surface area contributed by atoms with Gasteiger partial charge in [0, 0.05) is 0 Å². The molecule has 0 atom stereocenters. The van der Waals surface area contributed by atoms with E-state index in [1.165, 1.54) is 20.5 Å². The first-order valence-corrected chi connectivity index (χ1v) is 6.07. The molecule has 0 bridgehead atoms. The maximum Gasteiger partial charge on any atom is 0.341 e. The number of carbonyl (C=O) groups excluding carboxylic acids is 1. The number of methoxy groups -OCH3 is 2. The van der Waals surface area contributed by atoms with Crippen LogP contribution >= 0.6 is 0 Å². The Labute approximate surface area is 118 Å². The number of aliphatic hydroxyl groups is 1. The molecule has 1 N–H and O–H groups in total. The quantitative estimate of drug-likeness (QED) is 0.374. The molecule has 4 nitrogen and oxygen atoms in total. The zero-order chi connectivity index (χ0) is 14.8. The second-order valence-corrected chi connectivity index (χ2v) is 3.88. The molecule has 0 saturated carbocycles. The van der Waals surface area contributed by atoms with Crippen molar-refractivity contribution in [1.29, 1.82) is 0 Å². The normalized spacial score (nSPS) is 12.6. The van der Waals surface area contributed by atoms with E-state index in [2.05, 4.69) is 4.74 Å². The van der Waals surface area contributed by atoms with Crippen molar-refractivity contribution >= 4 is 12.0 Å². The van der Waals surface area contributed by atoms with Crippen molar-refractivity contribution in [2.45, 2.75) is 0 Å². The van der Waals surface area contributed by atoms with E-state index in [0.29, 0.717) is 5.57 Å². The van der Waals surface area contributed by atoms with Gasteiger partial charge >= 0.3 is 5.97 Å². The number of hydrogen-bond acceptors (Lipinski definition) is 4. The van der Waals surface area contributed by atoms with E-state index in [9.17, 15) is 9.90 Å². The molecule has 0 aromatic heterocycles. The van der Waals surface area contributed by atoms with E-state index in [0.717, 1.165) is 5.56 Å². The minimum atomic E-state index is -0.555. The average molecular weight is 274 g/mol. The van der Waals surface area contributed by atoms with E-state index in [-0.39, 0.29) is 12.2 Å². The van der Waals surface area contributed by atoms with Crippen molar-refractivity contribution in [2.24, 2.45) is 0 Å². The molecule has 0 spiro atoms. The van der Waals surface area contributed by atoms with Crippen molar-refractivity contribution < 1.29 is 19.4 Å². The lowest BCUT2D eigenvalue weighted by atomic mass is 10.1. The first-order chi connectivity index (χ1) is 9.72. The standard InChI is InChI=1S/C16H18O4/c1-19-12-15(16(18)20-2)14(11-17)10-6-9-13-7-4-3-5-8-13/h3-10,12,17H,11H2,1-2H3/b9-6+,14-10+,15-12+. The van der Waals surface area contributed by atoms with Crippen molar-refractivity contribution in [3.8, 4) is 0 Å². The van der Waals surface area contributed by atoms with Gasteiger partial charge in [0.1, 0.15) is 0 Å². The molecule has 0 unspecified atom stereocenters. The van der Waals surface area contributed by atoms with Crippen LogP contribution in [-0.2, 0) is 14.3 Å². The van der Waals surface area contributed by atoms with Crippen molar-refractivity contribution in [1.82, 2.24) is 0 Å². The summed E-state index contributed by atoms with van der Waals surface area (Å²) in [6, 6.07) is 9.70. The second kappa shape index (κ2) is 8.72. The van der Waals surface area contributed by atoms with Gasteiger partial charge in [0.05, 0.1) is 32.7 Å². The van der Waals surface area contributed by atoms with Gasteiger partial charge in [0.25, 0.3) is 0 Å². The molecule has 1 aromatic carbocycles. The van der Waals surface area contributed by atoms with E-state index >= 15 is 0 Å². The van der Waals surface area contributed by atoms with Gasteiger partial charge in [-0.15, -0.1) is 0 Å². The third-order valence-electron chi connectivity index (χ3n) is 2.54. The topological polar surface area (TPSA) is 55.8 Å². The Morgan fingerprint density at radius 3 is 2.50 bits per heavy atom. The van der Waals surface area contributed by atoms with Gasteiger partial charge in [0.2, 0.25) is 0 Å². The average Bonchev–Trinajstić information content (AvgIpc) is 2.50. The number of ether oxygens (including phenoxy) is 2. The first kappa shape index (κ1) is 15.7. The predicted molar refractivity (Wildman–Crippen MR) is 77.8 cm³/mol. The summed E-state index contributed by atoms with van der Waals surface area (Å²) in [5.41, 5.74) is 1.64. The lowest BCUT2D eigenvalue weighted by Gasteiger charge is -2.06. The van der Waals surface area contributed by atoms with Crippen LogP contribution in [0.25, 0.3) is 6.08 Å². The van der Waals surface area contributed by atoms with Crippen LogP contribution in [0.15, 0.2) is 59.9 Å². The van der Waals surface area contributed by atoms with Gasteiger partial charge in [-0.2, -0.15) is 0 Å². The number of hydrogen-bond donors (Lipinski definition) is 1. The fourth-order valence-electron chi connectivity index (χ4n) is 1.55. The molecule has 0 aliphatic heterocycles. The van der Waals surface area contributed by atoms with Gasteiger partial charge in [-0.05, 0) is 11.1 Å². The Balaban J connectivity index is 2.93. The number of carbonyl (C=O) groups is 1. The fraction of sp³-hybridized carbons (Fsp3) is 0.188. The van der Waals surface area contributed by atoms with Gasteiger partial charge < -0.3 is 14.6 Å². The number of esters is 1. The zero-order valence-corrected chi connectivity index (χ0v) is 11.6. The van der Waals surface area contributed by atoms with E-state index < -0.39 is 5.97 Å². The Hall–Kier alpha value is -2.33. The summed E-state index contributed by atoms with van der Waals surface area (Å²) in [6.07, 6.45) is 6.53.